The molecule has 4 N–H and O–H groups in total. The molecule has 0 saturated heterocycles. The molecular weight excluding hydrogens is 422 g/mol. The van der Waals surface area contributed by atoms with E-state index in [1.807, 2.05) is 22.2 Å². The average molecular weight is 446 g/mol. The second kappa shape index (κ2) is 7.68. The molecule has 0 spiro atoms. The average Bonchev–Trinajstić information content (AvgIpc) is 3.57. The Morgan fingerprint density at radius 3 is 2.84 bits per heavy atom. The highest BCUT2D eigenvalue weighted by Gasteiger charge is 2.28. The minimum absolute atomic E-state index is 0.256. The van der Waals surface area contributed by atoms with Crippen LogP contribution in [0.1, 0.15) is 37.4 Å². The Bertz CT molecular complexity index is 1400. The number of nitrogens with two attached hydrogens (primary N) is 1. The highest BCUT2D eigenvalue weighted by atomic mass is 32.1. The molecule has 0 radical (unpaired) electrons. The molecule has 162 valence electrons. The molecule has 1 saturated carbocycles. The number of anilines is 1. The van der Waals surface area contributed by atoms with Crippen LogP contribution < -0.4 is 5.73 Å². The highest BCUT2D eigenvalue weighted by molar-refractivity contribution is 7.13. The third kappa shape index (κ3) is 3.08. The van der Waals surface area contributed by atoms with Gasteiger partial charge in [-0.15, -0.1) is 11.3 Å². The van der Waals surface area contributed by atoms with Crippen molar-refractivity contribution in [2.75, 3.05) is 12.3 Å². The first-order valence-electron chi connectivity index (χ1n) is 10.8. The topological polar surface area (TPSA) is 118 Å². The molecule has 4 aromatic heterocycles. The maximum atomic E-state index is 9.50. The molecule has 4 heterocycles. The lowest BCUT2D eigenvalue weighted by molar-refractivity contribution is 0.180. The van der Waals surface area contributed by atoms with E-state index in [1.165, 1.54) is 6.33 Å². The van der Waals surface area contributed by atoms with Gasteiger partial charge in [-0.25, -0.2) is 19.5 Å². The number of rotatable bonds is 4. The first-order chi connectivity index (χ1) is 15.7. The number of aromatic amines is 1. The summed E-state index contributed by atoms with van der Waals surface area (Å²) in [5.41, 5.74) is 10.8. The maximum Gasteiger partial charge on any atom is 0.153 e. The number of fused-ring (bicyclic) bond motifs is 2. The summed E-state index contributed by atoms with van der Waals surface area (Å²) in [6.07, 6.45) is 7.26. The lowest BCUT2D eigenvalue weighted by Crippen LogP contribution is -2.18. The van der Waals surface area contributed by atoms with Gasteiger partial charge in [0.15, 0.2) is 5.82 Å². The van der Waals surface area contributed by atoms with E-state index in [9.17, 15) is 5.11 Å². The summed E-state index contributed by atoms with van der Waals surface area (Å²) in [6.45, 7) is 0.256. The number of aliphatic hydroxyl groups excluding tert-OH is 1. The molecule has 1 fully saturated rings. The van der Waals surface area contributed by atoms with Crippen LogP contribution in [0.2, 0.25) is 0 Å². The standard InChI is InChI=1S/C23H23N7OS/c24-21-20-19(17-10-15-2-1-3-16(18(15)28-17)23-25-8-9-32-23)29-22(30(20)27-12-26-21)14-6-4-13(11-31)5-7-14/h1-3,8-10,12-14,28,31H,4-7,11H2,(H2,24,26,27). The lowest BCUT2D eigenvalue weighted by Gasteiger charge is -2.26. The van der Waals surface area contributed by atoms with Crippen molar-refractivity contribution >= 4 is 33.6 Å². The molecule has 6 rings (SSSR count). The number of aromatic nitrogens is 6. The van der Waals surface area contributed by atoms with Crippen molar-refractivity contribution in [2.24, 2.45) is 5.92 Å². The molecule has 32 heavy (non-hydrogen) atoms. The van der Waals surface area contributed by atoms with Gasteiger partial charge < -0.3 is 15.8 Å². The second-order valence-electron chi connectivity index (χ2n) is 8.41. The van der Waals surface area contributed by atoms with Gasteiger partial charge >= 0.3 is 0 Å². The minimum atomic E-state index is 0.256. The van der Waals surface area contributed by atoms with Gasteiger partial charge in [-0.05, 0) is 43.7 Å². The van der Waals surface area contributed by atoms with E-state index >= 15 is 0 Å². The number of nitrogen functional groups attached to an aromatic ring is 1. The summed E-state index contributed by atoms with van der Waals surface area (Å²) in [7, 11) is 0. The number of nitrogens with zero attached hydrogens (tertiary/aromatic N) is 5. The van der Waals surface area contributed by atoms with Gasteiger partial charge in [0.25, 0.3) is 0 Å². The van der Waals surface area contributed by atoms with Crippen molar-refractivity contribution in [3.05, 3.63) is 48.0 Å². The van der Waals surface area contributed by atoms with Gasteiger partial charge in [-0.2, -0.15) is 5.10 Å². The van der Waals surface area contributed by atoms with E-state index in [2.05, 4.69) is 38.2 Å². The van der Waals surface area contributed by atoms with Gasteiger partial charge in [-0.1, -0.05) is 12.1 Å². The zero-order chi connectivity index (χ0) is 21.7. The number of hydrogen-bond acceptors (Lipinski definition) is 7. The van der Waals surface area contributed by atoms with Crippen LogP contribution in [-0.2, 0) is 0 Å². The highest BCUT2D eigenvalue weighted by Crippen LogP contribution is 2.39. The smallest absolute Gasteiger partial charge is 0.153 e. The van der Waals surface area contributed by atoms with Crippen LogP contribution in [0.15, 0.2) is 42.2 Å². The molecule has 0 unspecified atom stereocenters. The summed E-state index contributed by atoms with van der Waals surface area (Å²) in [4.78, 5) is 17.3. The number of thiazole rings is 1. The quantitative estimate of drug-likeness (QED) is 0.381. The number of H-pyrrole nitrogens is 1. The fraction of sp³-hybridized carbons (Fsp3) is 0.304. The molecule has 0 atom stereocenters. The van der Waals surface area contributed by atoms with Crippen molar-refractivity contribution in [2.45, 2.75) is 31.6 Å². The van der Waals surface area contributed by atoms with Crippen LogP contribution in [0.5, 0.6) is 0 Å². The number of hydrogen-bond donors (Lipinski definition) is 3. The first kappa shape index (κ1) is 19.4. The molecule has 1 aromatic carbocycles. The van der Waals surface area contributed by atoms with Crippen molar-refractivity contribution in [1.29, 1.82) is 0 Å². The summed E-state index contributed by atoms with van der Waals surface area (Å²) in [5.74, 6) is 1.99. The zero-order valence-electron chi connectivity index (χ0n) is 17.4. The van der Waals surface area contributed by atoms with E-state index in [0.29, 0.717) is 11.7 Å². The van der Waals surface area contributed by atoms with Gasteiger partial charge in [0.1, 0.15) is 28.4 Å². The Kier molecular flexibility index (Phi) is 4.65. The van der Waals surface area contributed by atoms with Crippen LogP contribution in [0, 0.1) is 5.92 Å². The molecule has 5 aromatic rings. The number of nitrogens with one attached hydrogen (secondary N) is 1. The summed E-state index contributed by atoms with van der Waals surface area (Å²) < 4.78 is 1.86. The normalized spacial score (nSPS) is 19.2. The Morgan fingerprint density at radius 2 is 2.06 bits per heavy atom. The van der Waals surface area contributed by atoms with Crippen molar-refractivity contribution in [3.63, 3.8) is 0 Å². The third-order valence-electron chi connectivity index (χ3n) is 6.53. The number of benzene rings is 1. The van der Waals surface area contributed by atoms with Crippen LogP contribution in [0.4, 0.5) is 5.82 Å². The number of aliphatic hydroxyl groups is 1. The van der Waals surface area contributed by atoms with E-state index in [0.717, 1.165) is 69.9 Å². The van der Waals surface area contributed by atoms with E-state index in [-0.39, 0.29) is 12.5 Å². The lowest BCUT2D eigenvalue weighted by atomic mass is 9.82. The van der Waals surface area contributed by atoms with Gasteiger partial charge in [0, 0.05) is 35.1 Å². The van der Waals surface area contributed by atoms with E-state index < -0.39 is 0 Å². The van der Waals surface area contributed by atoms with E-state index in [1.54, 1.807) is 11.3 Å². The fourth-order valence-corrected chi connectivity index (χ4v) is 5.52. The predicted octanol–water partition coefficient (Wildman–Crippen LogP) is 4.24. The van der Waals surface area contributed by atoms with Crippen LogP contribution in [0.25, 0.3) is 38.4 Å². The molecule has 0 amide bonds. The molecule has 1 aliphatic carbocycles. The largest absolute Gasteiger partial charge is 0.396 e. The number of imidazole rings is 1. The Morgan fingerprint density at radius 1 is 1.19 bits per heavy atom. The van der Waals surface area contributed by atoms with Gasteiger partial charge in [0.05, 0.1) is 11.2 Å². The maximum absolute atomic E-state index is 9.50. The Hall–Kier alpha value is -3.30. The third-order valence-corrected chi connectivity index (χ3v) is 7.34. The molecule has 0 bridgehead atoms. The van der Waals surface area contributed by atoms with Gasteiger partial charge in [0.2, 0.25) is 0 Å². The first-order valence-corrected chi connectivity index (χ1v) is 11.7. The van der Waals surface area contributed by atoms with Crippen LogP contribution >= 0.6 is 11.3 Å². The SMILES string of the molecule is Nc1ncnn2c(C3CCC(CO)CC3)nc(-c3cc4cccc(-c5nccs5)c4[nH]3)c12. The molecule has 9 heteroatoms. The van der Waals surface area contributed by atoms with Crippen molar-refractivity contribution < 1.29 is 5.11 Å². The van der Waals surface area contributed by atoms with Gasteiger partial charge in [-0.3, -0.25) is 0 Å². The molecular formula is C23H23N7OS. The van der Waals surface area contributed by atoms with Crippen LogP contribution in [-0.4, -0.2) is 41.3 Å². The molecule has 8 nitrogen and oxygen atoms in total. The van der Waals surface area contributed by atoms with E-state index in [4.69, 9.17) is 10.7 Å². The Balaban J connectivity index is 1.50. The predicted molar refractivity (Wildman–Crippen MR) is 125 cm³/mol. The molecule has 1 aliphatic rings. The van der Waals surface area contributed by atoms with Crippen molar-refractivity contribution in [3.8, 4) is 22.0 Å². The summed E-state index contributed by atoms with van der Waals surface area (Å²) in [6, 6.07) is 8.31. The van der Waals surface area contributed by atoms with Crippen LogP contribution in [0.3, 0.4) is 0 Å². The second-order valence-corrected chi connectivity index (χ2v) is 9.31. The monoisotopic (exact) mass is 445 g/mol. The summed E-state index contributed by atoms with van der Waals surface area (Å²) >= 11 is 1.62. The fourth-order valence-electron chi connectivity index (χ4n) is 4.85. The minimum Gasteiger partial charge on any atom is -0.396 e. The zero-order valence-corrected chi connectivity index (χ0v) is 18.2. The molecule has 0 aliphatic heterocycles. The summed E-state index contributed by atoms with van der Waals surface area (Å²) in [5, 5.41) is 18.1. The number of para-hydroxylation sites is 1. The van der Waals surface area contributed by atoms with Crippen molar-refractivity contribution in [1.82, 2.24) is 29.5 Å². The Labute approximate surface area is 188 Å².